The van der Waals surface area contributed by atoms with Gasteiger partial charge in [-0.3, -0.25) is 10.0 Å². The molecule has 2 N–H and O–H groups in total. The zero-order valence-electron chi connectivity index (χ0n) is 11.0. The molecule has 6 nitrogen and oxygen atoms in total. The fraction of sp³-hybridized carbons (Fsp3) is 0.333. The number of amides is 1. The van der Waals surface area contributed by atoms with Crippen LogP contribution in [0.1, 0.15) is 12.0 Å². The van der Waals surface area contributed by atoms with Crippen molar-refractivity contribution in [2.45, 2.75) is 24.3 Å². The van der Waals surface area contributed by atoms with Crippen molar-refractivity contribution in [1.82, 2.24) is 9.79 Å². The number of nitrogens with one attached hydrogen (secondary N) is 1. The minimum Gasteiger partial charge on any atom is -0.312 e. The van der Waals surface area contributed by atoms with Gasteiger partial charge in [0.05, 0.1) is 10.9 Å². The van der Waals surface area contributed by atoms with Gasteiger partial charge >= 0.3 is 0 Å². The van der Waals surface area contributed by atoms with Gasteiger partial charge in [0.1, 0.15) is 0 Å². The maximum atomic E-state index is 12.4. The van der Waals surface area contributed by atoms with Gasteiger partial charge in [0, 0.05) is 32.7 Å². The second kappa shape index (κ2) is 7.09. The third-order valence-corrected chi connectivity index (χ3v) is 4.98. The second-order valence-electron chi connectivity index (χ2n) is 4.40. The number of carbonyl (C=O) groups excluding carboxylic acids is 1. The molecule has 0 aromatic heterocycles. The minimum absolute atomic E-state index is 0. The number of hydrogen-bond acceptors (Lipinski definition) is 4. The normalized spacial score (nSPS) is 19.4. The molecule has 1 atom stereocenters. The van der Waals surface area contributed by atoms with E-state index in [1.807, 2.05) is 6.92 Å². The van der Waals surface area contributed by atoms with Gasteiger partial charge in [-0.2, -0.15) is 6.42 Å². The Bertz CT molecular complexity index is 574. The predicted octanol–water partition coefficient (Wildman–Crippen LogP) is 0.465. The first-order valence-electron chi connectivity index (χ1n) is 5.81. The Labute approximate surface area is 143 Å². The van der Waals surface area contributed by atoms with Crippen LogP contribution in [0.2, 0.25) is 0 Å². The molecule has 1 amide bonds. The second-order valence-corrected chi connectivity index (χ2v) is 6.29. The Morgan fingerprint density at radius 1 is 1.40 bits per heavy atom. The number of aryl methyl sites for hydroxylation is 1. The number of hydroxylamine groups is 1. The van der Waals surface area contributed by atoms with Crippen molar-refractivity contribution in [3.63, 3.8) is 0 Å². The third-order valence-electron chi connectivity index (χ3n) is 3.09. The van der Waals surface area contributed by atoms with Gasteiger partial charge in [-0.15, -0.1) is 6.54 Å². The van der Waals surface area contributed by atoms with Gasteiger partial charge in [-0.25, -0.2) is 18.2 Å². The zero-order valence-corrected chi connectivity index (χ0v) is 14.6. The summed E-state index contributed by atoms with van der Waals surface area (Å²) in [6.07, 6.45) is 1.99. The van der Waals surface area contributed by atoms with Gasteiger partial charge in [0.25, 0.3) is 5.91 Å². The van der Waals surface area contributed by atoms with Gasteiger partial charge in [-0.1, -0.05) is 17.7 Å². The Hall–Kier alpha value is -0.336. The van der Waals surface area contributed by atoms with Crippen LogP contribution in [0.25, 0.3) is 0 Å². The summed E-state index contributed by atoms with van der Waals surface area (Å²) in [7, 11) is -3.73. The molecule has 0 aliphatic carbocycles. The van der Waals surface area contributed by atoms with Crippen LogP contribution in [0.3, 0.4) is 0 Å². The summed E-state index contributed by atoms with van der Waals surface area (Å²) in [5, 5.41) is 8.65. The van der Waals surface area contributed by atoms with E-state index in [0.29, 0.717) is 0 Å². The molecule has 2 rings (SSSR count). The number of rotatable bonds is 3. The Balaban J connectivity index is 0.00000200. The molecule has 107 valence electrons. The number of nitrogens with zero attached hydrogens (tertiary/aromatic N) is 1. The maximum Gasteiger partial charge on any atom is 0.259 e. The summed E-state index contributed by atoms with van der Waals surface area (Å²) < 4.78 is 25.9. The molecule has 1 fully saturated rings. The Morgan fingerprint density at radius 3 is 2.55 bits per heavy atom. The van der Waals surface area contributed by atoms with Crippen LogP contribution in [0.5, 0.6) is 0 Å². The fourth-order valence-corrected chi connectivity index (χ4v) is 3.60. The Morgan fingerprint density at radius 2 is 2.00 bits per heavy atom. The van der Waals surface area contributed by atoms with E-state index < -0.39 is 22.0 Å². The van der Waals surface area contributed by atoms with Crippen molar-refractivity contribution in [2.75, 3.05) is 6.54 Å². The molecule has 0 unspecified atom stereocenters. The summed E-state index contributed by atoms with van der Waals surface area (Å²) in [6.45, 7) is 2.02. The number of sulfonamides is 1. The van der Waals surface area contributed by atoms with Gasteiger partial charge in [0.15, 0.2) is 0 Å². The quantitative estimate of drug-likeness (QED) is 0.459. The molecular formula is C12H15N2O4SY-. The number of carbonyl (C=O) groups is 1. The first-order valence-corrected chi connectivity index (χ1v) is 7.25. The molecule has 1 aliphatic rings. The minimum atomic E-state index is -3.73. The molecule has 0 bridgehead atoms. The fourth-order valence-electron chi connectivity index (χ4n) is 2.03. The van der Waals surface area contributed by atoms with Crippen molar-refractivity contribution in [3.05, 3.63) is 36.2 Å². The molecule has 20 heavy (non-hydrogen) atoms. The average molecular weight is 372 g/mol. The smallest absolute Gasteiger partial charge is 0.259 e. The maximum absolute atomic E-state index is 12.4. The SMILES string of the molecule is Cc1ccc(S(=O)(=O)N2C[CH-]C[C@@H]2C(=O)NO)cc1.[Y]. The van der Waals surface area contributed by atoms with E-state index in [0.717, 1.165) is 9.87 Å². The molecular weight excluding hydrogens is 357 g/mol. The van der Waals surface area contributed by atoms with E-state index in [1.54, 1.807) is 18.6 Å². The van der Waals surface area contributed by atoms with E-state index in [4.69, 9.17) is 5.21 Å². The van der Waals surface area contributed by atoms with Crippen LogP contribution in [-0.2, 0) is 47.5 Å². The summed E-state index contributed by atoms with van der Waals surface area (Å²) in [6, 6.07) is 5.53. The topological polar surface area (TPSA) is 86.7 Å². The molecule has 1 aromatic carbocycles. The molecule has 1 aromatic rings. The average Bonchev–Trinajstić information content (AvgIpc) is 2.88. The largest absolute Gasteiger partial charge is 0.312 e. The van der Waals surface area contributed by atoms with Gasteiger partial charge in [0.2, 0.25) is 10.0 Å². The van der Waals surface area contributed by atoms with Crippen LogP contribution < -0.4 is 5.48 Å². The number of benzene rings is 1. The molecule has 0 saturated carbocycles. The van der Waals surface area contributed by atoms with Crippen molar-refractivity contribution in [1.29, 1.82) is 0 Å². The van der Waals surface area contributed by atoms with Crippen molar-refractivity contribution in [3.8, 4) is 0 Å². The van der Waals surface area contributed by atoms with E-state index in [-0.39, 0.29) is 50.6 Å². The van der Waals surface area contributed by atoms with E-state index in [1.165, 1.54) is 17.6 Å². The van der Waals surface area contributed by atoms with E-state index in [9.17, 15) is 13.2 Å². The molecule has 8 heteroatoms. The van der Waals surface area contributed by atoms with E-state index in [2.05, 4.69) is 0 Å². The zero-order chi connectivity index (χ0) is 14.0. The van der Waals surface area contributed by atoms with Crippen LogP contribution in [0.4, 0.5) is 0 Å². The van der Waals surface area contributed by atoms with Gasteiger partial charge < -0.3 is 6.42 Å². The summed E-state index contributed by atoms with van der Waals surface area (Å²) in [5.41, 5.74) is 2.46. The Kier molecular flexibility index (Phi) is 6.28. The standard InChI is InChI=1S/C12H15N2O4S.Y/c1-9-4-6-10(7-5-9)19(17,18)14-8-2-3-11(14)12(15)13-16;/h2,4-7,11,16H,3,8H2,1H3,(H,13,15);/q-1;/t11-;/m1./s1. The number of hydrogen-bond donors (Lipinski definition) is 2. The predicted molar refractivity (Wildman–Crippen MR) is 67.7 cm³/mol. The van der Waals surface area contributed by atoms with Crippen LogP contribution >= 0.6 is 0 Å². The summed E-state index contributed by atoms with van der Waals surface area (Å²) in [5.74, 6) is -0.718. The van der Waals surface area contributed by atoms with Crippen molar-refractivity contribution >= 4 is 15.9 Å². The molecule has 1 radical (unpaired) electrons. The first-order chi connectivity index (χ1) is 8.96. The van der Waals surface area contributed by atoms with E-state index >= 15 is 0 Å². The molecule has 0 spiro atoms. The summed E-state index contributed by atoms with van der Waals surface area (Å²) >= 11 is 0. The first kappa shape index (κ1) is 17.7. The van der Waals surface area contributed by atoms with Crippen molar-refractivity contribution in [2.24, 2.45) is 0 Å². The third kappa shape index (κ3) is 3.46. The summed E-state index contributed by atoms with van der Waals surface area (Å²) in [4.78, 5) is 11.6. The van der Waals surface area contributed by atoms with Crippen LogP contribution in [-0.4, -0.2) is 36.4 Å². The molecule has 1 aliphatic heterocycles. The van der Waals surface area contributed by atoms with Crippen LogP contribution in [0, 0.1) is 13.3 Å². The molecule has 1 saturated heterocycles. The van der Waals surface area contributed by atoms with Crippen molar-refractivity contribution < 1.29 is 51.1 Å². The van der Waals surface area contributed by atoms with Gasteiger partial charge in [-0.05, 0) is 19.1 Å². The van der Waals surface area contributed by atoms with Crippen LogP contribution in [0.15, 0.2) is 29.2 Å². The molecule has 1 heterocycles. The monoisotopic (exact) mass is 372 g/mol.